The van der Waals surface area contributed by atoms with E-state index in [9.17, 15) is 10.1 Å². The second-order valence-corrected chi connectivity index (χ2v) is 3.21. The van der Waals surface area contributed by atoms with E-state index in [0.717, 1.165) is 6.42 Å². The van der Waals surface area contributed by atoms with Crippen LogP contribution in [0.3, 0.4) is 0 Å². The number of hydrogen-bond donors (Lipinski definition) is 1. The molecule has 86 valence electrons. The molecule has 2 N–H and O–H groups in total. The fourth-order valence-electron chi connectivity index (χ4n) is 1.36. The molecule has 0 aliphatic rings. The molecule has 0 atom stereocenters. The number of ether oxygens (including phenoxy) is 1. The molecule has 0 fully saturated rings. The monoisotopic (exact) mass is 222 g/mol. The van der Waals surface area contributed by atoms with Crippen molar-refractivity contribution in [2.24, 2.45) is 5.73 Å². The van der Waals surface area contributed by atoms with Crippen molar-refractivity contribution in [2.45, 2.75) is 13.3 Å². The number of nitro benzene ring substituents is 1. The molecular formula is C11H14N2O3. The lowest BCUT2D eigenvalue weighted by atomic mass is 10.1. The predicted octanol–water partition coefficient (Wildman–Crippen LogP) is 2.31. The molecule has 0 aliphatic carbocycles. The van der Waals surface area contributed by atoms with Crippen molar-refractivity contribution in [3.8, 4) is 5.75 Å². The van der Waals surface area contributed by atoms with Crippen LogP contribution in [0.25, 0.3) is 5.70 Å². The number of nitrogens with zero attached hydrogens (tertiary/aromatic N) is 1. The van der Waals surface area contributed by atoms with E-state index in [2.05, 4.69) is 0 Å². The zero-order valence-electron chi connectivity index (χ0n) is 9.27. The lowest BCUT2D eigenvalue weighted by Crippen LogP contribution is -2.02. The van der Waals surface area contributed by atoms with Crippen molar-refractivity contribution in [2.75, 3.05) is 7.11 Å². The fourth-order valence-corrected chi connectivity index (χ4v) is 1.36. The minimum Gasteiger partial charge on any atom is -0.497 e. The van der Waals surface area contributed by atoms with E-state index in [1.807, 2.05) is 6.92 Å². The lowest BCUT2D eigenvalue weighted by Gasteiger charge is -2.06. The van der Waals surface area contributed by atoms with Gasteiger partial charge in [-0.25, -0.2) is 0 Å². The molecule has 0 aliphatic heterocycles. The van der Waals surface area contributed by atoms with Gasteiger partial charge in [0, 0.05) is 11.8 Å². The van der Waals surface area contributed by atoms with E-state index in [-0.39, 0.29) is 5.69 Å². The van der Waals surface area contributed by atoms with Gasteiger partial charge in [0.25, 0.3) is 5.69 Å². The Hall–Kier alpha value is -2.04. The predicted molar refractivity (Wildman–Crippen MR) is 62.1 cm³/mol. The van der Waals surface area contributed by atoms with Gasteiger partial charge in [0.15, 0.2) is 0 Å². The fraction of sp³-hybridized carbons (Fsp3) is 0.273. The van der Waals surface area contributed by atoms with Crippen molar-refractivity contribution in [1.82, 2.24) is 0 Å². The van der Waals surface area contributed by atoms with Crippen LogP contribution in [0, 0.1) is 10.1 Å². The summed E-state index contributed by atoms with van der Waals surface area (Å²) in [5.74, 6) is 0.549. The van der Waals surface area contributed by atoms with Gasteiger partial charge in [0.2, 0.25) is 0 Å². The molecular weight excluding hydrogens is 208 g/mol. The Kier molecular flexibility index (Phi) is 3.88. The molecule has 1 rings (SSSR count). The Labute approximate surface area is 93.7 Å². The molecule has 1 aromatic rings. The summed E-state index contributed by atoms with van der Waals surface area (Å²) >= 11 is 0. The molecule has 0 amide bonds. The Bertz CT molecular complexity index is 427. The third-order valence-corrected chi connectivity index (χ3v) is 2.14. The number of rotatable bonds is 4. The van der Waals surface area contributed by atoms with Crippen molar-refractivity contribution >= 4 is 11.4 Å². The Morgan fingerprint density at radius 3 is 2.81 bits per heavy atom. The van der Waals surface area contributed by atoms with E-state index in [1.54, 1.807) is 18.2 Å². The zero-order chi connectivity index (χ0) is 12.1. The summed E-state index contributed by atoms with van der Waals surface area (Å²) in [5.41, 5.74) is 6.55. The summed E-state index contributed by atoms with van der Waals surface area (Å²) in [7, 11) is 1.50. The minimum absolute atomic E-state index is 0.0111. The highest BCUT2D eigenvalue weighted by molar-refractivity contribution is 5.71. The van der Waals surface area contributed by atoms with Gasteiger partial charge in [-0.15, -0.1) is 0 Å². The number of hydrogen-bond acceptors (Lipinski definition) is 4. The van der Waals surface area contributed by atoms with Gasteiger partial charge < -0.3 is 10.5 Å². The first-order valence-corrected chi connectivity index (χ1v) is 4.88. The van der Waals surface area contributed by atoms with E-state index in [1.165, 1.54) is 13.2 Å². The smallest absolute Gasteiger partial charge is 0.278 e. The van der Waals surface area contributed by atoms with Crippen molar-refractivity contribution in [3.05, 3.63) is 40.0 Å². The summed E-state index contributed by atoms with van der Waals surface area (Å²) in [5, 5.41) is 10.8. The van der Waals surface area contributed by atoms with E-state index >= 15 is 0 Å². The standard InChI is InChI=1S/C11H14N2O3/c1-3-4-10(12)9-7-8(16-2)5-6-11(9)13(14)15/h4-7H,3,12H2,1-2H3/b10-4+. The first-order valence-electron chi connectivity index (χ1n) is 4.88. The van der Waals surface area contributed by atoms with Crippen LogP contribution < -0.4 is 10.5 Å². The van der Waals surface area contributed by atoms with E-state index in [0.29, 0.717) is 17.0 Å². The third-order valence-electron chi connectivity index (χ3n) is 2.14. The topological polar surface area (TPSA) is 78.4 Å². The van der Waals surface area contributed by atoms with Crippen LogP contribution in [0.1, 0.15) is 18.9 Å². The van der Waals surface area contributed by atoms with Crippen LogP contribution in [0.4, 0.5) is 5.69 Å². The highest BCUT2D eigenvalue weighted by Crippen LogP contribution is 2.27. The van der Waals surface area contributed by atoms with E-state index < -0.39 is 4.92 Å². The van der Waals surface area contributed by atoms with Crippen molar-refractivity contribution in [1.29, 1.82) is 0 Å². The Morgan fingerprint density at radius 2 is 2.31 bits per heavy atom. The molecule has 0 aromatic heterocycles. The van der Waals surface area contributed by atoms with Crippen LogP contribution in [0.2, 0.25) is 0 Å². The van der Waals surface area contributed by atoms with Gasteiger partial charge in [-0.3, -0.25) is 10.1 Å². The summed E-state index contributed by atoms with van der Waals surface area (Å²) in [6.07, 6.45) is 2.46. The SMILES string of the molecule is CC/C=C(/N)c1cc(OC)ccc1[N+](=O)[O-]. The van der Waals surface area contributed by atoms with Gasteiger partial charge in [-0.05, 0) is 18.6 Å². The summed E-state index contributed by atoms with van der Waals surface area (Å²) in [4.78, 5) is 10.4. The Morgan fingerprint density at radius 1 is 1.62 bits per heavy atom. The molecule has 0 unspecified atom stereocenters. The third kappa shape index (κ3) is 2.50. The molecule has 1 aromatic carbocycles. The first-order chi connectivity index (χ1) is 7.60. The maximum atomic E-state index is 10.8. The average Bonchev–Trinajstić information content (AvgIpc) is 2.28. The number of methoxy groups -OCH3 is 1. The molecule has 0 heterocycles. The largest absolute Gasteiger partial charge is 0.497 e. The molecule has 0 saturated carbocycles. The van der Waals surface area contributed by atoms with Crippen LogP contribution in [0.5, 0.6) is 5.75 Å². The average molecular weight is 222 g/mol. The minimum atomic E-state index is -0.453. The molecule has 16 heavy (non-hydrogen) atoms. The van der Waals surface area contributed by atoms with Crippen LogP contribution in [0.15, 0.2) is 24.3 Å². The quantitative estimate of drug-likeness (QED) is 0.626. The van der Waals surface area contributed by atoms with Gasteiger partial charge in [0.1, 0.15) is 5.75 Å². The molecule has 0 bridgehead atoms. The van der Waals surface area contributed by atoms with Crippen LogP contribution >= 0.6 is 0 Å². The summed E-state index contributed by atoms with van der Waals surface area (Å²) < 4.78 is 5.01. The summed E-state index contributed by atoms with van der Waals surface area (Å²) in [6, 6.07) is 4.50. The van der Waals surface area contributed by atoms with Crippen LogP contribution in [-0.2, 0) is 0 Å². The second kappa shape index (κ2) is 5.16. The molecule has 5 heteroatoms. The van der Waals surface area contributed by atoms with Gasteiger partial charge in [0.05, 0.1) is 17.6 Å². The molecule has 0 saturated heterocycles. The van der Waals surface area contributed by atoms with Gasteiger partial charge in [-0.2, -0.15) is 0 Å². The zero-order valence-corrected chi connectivity index (χ0v) is 9.27. The molecule has 0 radical (unpaired) electrons. The van der Waals surface area contributed by atoms with Crippen molar-refractivity contribution < 1.29 is 9.66 Å². The highest BCUT2D eigenvalue weighted by atomic mass is 16.6. The maximum Gasteiger partial charge on any atom is 0.278 e. The number of allylic oxidation sites excluding steroid dienone is 1. The Balaban J connectivity index is 3.31. The molecule has 0 spiro atoms. The number of nitrogens with two attached hydrogens (primary N) is 1. The highest BCUT2D eigenvalue weighted by Gasteiger charge is 2.16. The number of nitro groups is 1. The van der Waals surface area contributed by atoms with Gasteiger partial charge in [-0.1, -0.05) is 13.0 Å². The normalized spacial score (nSPS) is 11.2. The number of benzene rings is 1. The van der Waals surface area contributed by atoms with E-state index in [4.69, 9.17) is 10.5 Å². The van der Waals surface area contributed by atoms with Crippen LogP contribution in [-0.4, -0.2) is 12.0 Å². The lowest BCUT2D eigenvalue weighted by molar-refractivity contribution is -0.385. The first kappa shape index (κ1) is 12.0. The second-order valence-electron chi connectivity index (χ2n) is 3.21. The van der Waals surface area contributed by atoms with Gasteiger partial charge >= 0.3 is 0 Å². The van der Waals surface area contributed by atoms with Crippen molar-refractivity contribution in [3.63, 3.8) is 0 Å². The summed E-state index contributed by atoms with van der Waals surface area (Å²) in [6.45, 7) is 1.92. The molecule has 5 nitrogen and oxygen atoms in total. The maximum absolute atomic E-state index is 10.8.